The zero-order chi connectivity index (χ0) is 20.5. The molecule has 1 aromatic rings. The molecule has 0 bridgehead atoms. The number of carbonyl (C=O) groups excluding carboxylic acids is 2. The van der Waals surface area contributed by atoms with E-state index in [0.29, 0.717) is 18.5 Å². The van der Waals surface area contributed by atoms with Gasteiger partial charge in [-0.15, -0.1) is 0 Å². The second kappa shape index (κ2) is 10.9. The highest BCUT2D eigenvalue weighted by atomic mass is 16.5. The van der Waals surface area contributed by atoms with Crippen molar-refractivity contribution in [3.05, 3.63) is 35.9 Å². The van der Waals surface area contributed by atoms with Gasteiger partial charge in [-0.2, -0.15) is 0 Å². The number of nitrogens with one attached hydrogen (secondary N) is 2. The molecule has 1 aliphatic rings. The monoisotopic (exact) mass is 387 g/mol. The van der Waals surface area contributed by atoms with Crippen molar-refractivity contribution in [3.63, 3.8) is 0 Å². The Kier molecular flexibility index (Phi) is 8.51. The number of hydrogen-bond acceptors (Lipinski definition) is 4. The topological polar surface area (TPSA) is 70.7 Å². The van der Waals surface area contributed by atoms with E-state index in [9.17, 15) is 9.59 Å². The summed E-state index contributed by atoms with van der Waals surface area (Å²) in [6.07, 6.45) is 5.64. The fourth-order valence-corrected chi connectivity index (χ4v) is 3.37. The molecule has 154 valence electrons. The first kappa shape index (κ1) is 22.0. The van der Waals surface area contributed by atoms with Gasteiger partial charge in [0.05, 0.1) is 7.11 Å². The van der Waals surface area contributed by atoms with Crippen molar-refractivity contribution in [1.29, 1.82) is 0 Å². The van der Waals surface area contributed by atoms with E-state index < -0.39 is 6.04 Å². The first-order chi connectivity index (χ1) is 13.4. The summed E-state index contributed by atoms with van der Waals surface area (Å²) < 4.78 is 5.11. The highest BCUT2D eigenvalue weighted by Gasteiger charge is 2.22. The van der Waals surface area contributed by atoms with Gasteiger partial charge in [0.15, 0.2) is 0 Å². The lowest BCUT2D eigenvalue weighted by molar-refractivity contribution is -0.126. The Balaban J connectivity index is 1.74. The molecule has 0 aromatic heterocycles. The number of carbonyl (C=O) groups is 2. The molecule has 2 amide bonds. The van der Waals surface area contributed by atoms with Gasteiger partial charge in [0.2, 0.25) is 11.8 Å². The third-order valence-corrected chi connectivity index (χ3v) is 5.18. The summed E-state index contributed by atoms with van der Waals surface area (Å²) in [5.41, 5.74) is 0.887. The van der Waals surface area contributed by atoms with E-state index in [2.05, 4.69) is 29.4 Å². The predicted octanol–water partition coefficient (Wildman–Crippen LogP) is 2.45. The lowest BCUT2D eigenvalue weighted by Gasteiger charge is -2.35. The van der Waals surface area contributed by atoms with Crippen LogP contribution in [-0.4, -0.2) is 55.5 Å². The first-order valence-electron chi connectivity index (χ1n) is 10.0. The van der Waals surface area contributed by atoms with E-state index in [1.165, 1.54) is 18.9 Å². The number of methoxy groups -OCH3 is 1. The summed E-state index contributed by atoms with van der Waals surface area (Å²) in [6.45, 7) is 8.87. The third kappa shape index (κ3) is 7.00. The number of nitrogens with zero attached hydrogens (tertiary/aromatic N) is 1. The predicted molar refractivity (Wildman–Crippen MR) is 112 cm³/mol. The zero-order valence-electron chi connectivity index (χ0n) is 17.4. The van der Waals surface area contributed by atoms with Crippen molar-refractivity contribution in [1.82, 2.24) is 15.5 Å². The number of ether oxygens (including phenoxy) is 1. The summed E-state index contributed by atoms with van der Waals surface area (Å²) in [6, 6.07) is 7.10. The average molecular weight is 388 g/mol. The Bertz CT molecular complexity index is 672. The lowest BCUT2D eigenvalue weighted by atomic mass is 9.99. The molecule has 6 nitrogen and oxygen atoms in total. The van der Waals surface area contributed by atoms with Gasteiger partial charge in [-0.3, -0.25) is 14.5 Å². The Labute approximate surface area is 168 Å². The standard InChI is InChI=1S/C22H33N3O3/c1-16-6-5-13-25(15-16)17(2)14-23-22(27)18(3)24-21(26)12-9-19-7-10-20(28-4)11-8-19/h7-12,16-18H,5-6,13-15H2,1-4H3,(H,23,27)(H,24,26)/b12-9+. The highest BCUT2D eigenvalue weighted by molar-refractivity contribution is 5.95. The van der Waals surface area contributed by atoms with Crippen molar-refractivity contribution in [2.45, 2.75) is 45.7 Å². The van der Waals surface area contributed by atoms with Crippen LogP contribution in [0.4, 0.5) is 0 Å². The molecule has 0 spiro atoms. The molecule has 2 rings (SSSR count). The van der Waals surface area contributed by atoms with Crippen LogP contribution in [0.3, 0.4) is 0 Å². The van der Waals surface area contributed by atoms with E-state index in [0.717, 1.165) is 24.4 Å². The molecule has 6 heteroatoms. The SMILES string of the molecule is COc1ccc(/C=C/C(=O)NC(C)C(=O)NCC(C)N2CCCC(C)C2)cc1. The van der Waals surface area contributed by atoms with Crippen LogP contribution in [0.5, 0.6) is 5.75 Å². The van der Waals surface area contributed by atoms with Crippen molar-refractivity contribution < 1.29 is 14.3 Å². The van der Waals surface area contributed by atoms with E-state index in [1.54, 1.807) is 20.1 Å². The number of amides is 2. The summed E-state index contributed by atoms with van der Waals surface area (Å²) in [5.74, 6) is 1.02. The second-order valence-electron chi connectivity index (χ2n) is 7.67. The fraction of sp³-hybridized carbons (Fsp3) is 0.545. The van der Waals surface area contributed by atoms with Gasteiger partial charge in [-0.1, -0.05) is 19.1 Å². The first-order valence-corrected chi connectivity index (χ1v) is 10.0. The molecule has 0 aliphatic carbocycles. The molecule has 1 aliphatic heterocycles. The van der Waals surface area contributed by atoms with Crippen LogP contribution in [0, 0.1) is 5.92 Å². The van der Waals surface area contributed by atoms with Gasteiger partial charge in [-0.05, 0) is 62.9 Å². The van der Waals surface area contributed by atoms with Crippen molar-refractivity contribution in [2.75, 3.05) is 26.7 Å². The minimum absolute atomic E-state index is 0.164. The van der Waals surface area contributed by atoms with Gasteiger partial charge in [0, 0.05) is 25.2 Å². The lowest BCUT2D eigenvalue weighted by Crippen LogP contribution is -2.50. The quantitative estimate of drug-likeness (QED) is 0.672. The number of piperidine rings is 1. The molecular formula is C22H33N3O3. The molecule has 0 radical (unpaired) electrons. The highest BCUT2D eigenvalue weighted by Crippen LogP contribution is 2.17. The minimum Gasteiger partial charge on any atom is -0.497 e. The molecule has 2 N–H and O–H groups in total. The van der Waals surface area contributed by atoms with Crippen molar-refractivity contribution in [2.24, 2.45) is 5.92 Å². The van der Waals surface area contributed by atoms with Gasteiger partial charge in [0.1, 0.15) is 11.8 Å². The molecule has 1 saturated heterocycles. The minimum atomic E-state index is -0.583. The molecule has 3 atom stereocenters. The summed E-state index contributed by atoms with van der Waals surface area (Å²) in [5, 5.41) is 5.66. The summed E-state index contributed by atoms with van der Waals surface area (Å²) >= 11 is 0. The Morgan fingerprint density at radius 2 is 2.00 bits per heavy atom. The molecule has 1 heterocycles. The van der Waals surface area contributed by atoms with E-state index >= 15 is 0 Å². The van der Waals surface area contributed by atoms with Gasteiger partial charge < -0.3 is 15.4 Å². The van der Waals surface area contributed by atoms with Crippen LogP contribution in [0.1, 0.15) is 39.2 Å². The van der Waals surface area contributed by atoms with Gasteiger partial charge in [0.25, 0.3) is 0 Å². The maximum atomic E-state index is 12.3. The molecule has 3 unspecified atom stereocenters. The van der Waals surface area contributed by atoms with Crippen molar-refractivity contribution >= 4 is 17.9 Å². The fourth-order valence-electron chi connectivity index (χ4n) is 3.37. The molecule has 28 heavy (non-hydrogen) atoms. The maximum absolute atomic E-state index is 12.3. The van der Waals surface area contributed by atoms with Crippen LogP contribution < -0.4 is 15.4 Å². The van der Waals surface area contributed by atoms with Crippen LogP contribution in [-0.2, 0) is 9.59 Å². The summed E-state index contributed by atoms with van der Waals surface area (Å²) in [7, 11) is 1.61. The van der Waals surface area contributed by atoms with Crippen LogP contribution in [0.25, 0.3) is 6.08 Å². The maximum Gasteiger partial charge on any atom is 0.244 e. The molecule has 1 fully saturated rings. The van der Waals surface area contributed by atoms with Gasteiger partial charge in [-0.25, -0.2) is 0 Å². The second-order valence-corrected chi connectivity index (χ2v) is 7.67. The third-order valence-electron chi connectivity index (χ3n) is 5.18. The van der Waals surface area contributed by atoms with Crippen LogP contribution >= 0.6 is 0 Å². The Hall–Kier alpha value is -2.34. The molecule has 1 aromatic carbocycles. The average Bonchev–Trinajstić information content (AvgIpc) is 2.70. The summed E-state index contributed by atoms with van der Waals surface area (Å²) in [4.78, 5) is 26.8. The molecular weight excluding hydrogens is 354 g/mol. The number of likely N-dealkylation sites (tertiary alicyclic amines) is 1. The molecule has 0 saturated carbocycles. The van der Waals surface area contributed by atoms with Crippen LogP contribution in [0.2, 0.25) is 0 Å². The van der Waals surface area contributed by atoms with Crippen LogP contribution in [0.15, 0.2) is 30.3 Å². The van der Waals surface area contributed by atoms with E-state index in [-0.39, 0.29) is 11.8 Å². The van der Waals surface area contributed by atoms with Crippen molar-refractivity contribution in [3.8, 4) is 5.75 Å². The normalized spacial score (nSPS) is 19.8. The zero-order valence-corrected chi connectivity index (χ0v) is 17.4. The Morgan fingerprint density at radius 1 is 1.29 bits per heavy atom. The van der Waals surface area contributed by atoms with E-state index in [1.807, 2.05) is 24.3 Å². The van der Waals surface area contributed by atoms with Gasteiger partial charge >= 0.3 is 0 Å². The van der Waals surface area contributed by atoms with E-state index in [4.69, 9.17) is 4.74 Å². The number of benzene rings is 1. The number of rotatable bonds is 8. The Morgan fingerprint density at radius 3 is 2.64 bits per heavy atom. The number of hydrogen-bond donors (Lipinski definition) is 2. The largest absolute Gasteiger partial charge is 0.497 e. The smallest absolute Gasteiger partial charge is 0.244 e.